The van der Waals surface area contributed by atoms with Crippen LogP contribution in [0.1, 0.15) is 17.5 Å². The van der Waals surface area contributed by atoms with E-state index < -0.39 is 0 Å². The fourth-order valence-corrected chi connectivity index (χ4v) is 4.74. The van der Waals surface area contributed by atoms with Gasteiger partial charge in [0.05, 0.1) is 23.2 Å². The molecule has 2 aromatic heterocycles. The molecule has 4 aromatic rings. The van der Waals surface area contributed by atoms with Crippen LogP contribution in [0.2, 0.25) is 0 Å². The van der Waals surface area contributed by atoms with Crippen molar-refractivity contribution in [3.05, 3.63) is 65.2 Å². The first-order valence-electron chi connectivity index (χ1n) is 11.6. The second-order valence-electron chi connectivity index (χ2n) is 8.55. The Morgan fingerprint density at radius 1 is 0.892 bits per heavy atom. The molecule has 0 spiro atoms. The van der Waals surface area contributed by atoms with Crippen molar-refractivity contribution < 1.29 is 9.47 Å². The van der Waals surface area contributed by atoms with E-state index in [2.05, 4.69) is 39.1 Å². The second kappa shape index (κ2) is 11.0. The number of imidazole rings is 2. The fraction of sp³-hybridized carbons (Fsp3) is 0.231. The molecule has 0 bridgehead atoms. The van der Waals surface area contributed by atoms with Gasteiger partial charge in [-0.1, -0.05) is 25.3 Å². The Hall–Kier alpha value is -3.96. The van der Waals surface area contributed by atoms with Crippen molar-refractivity contribution in [2.75, 3.05) is 31.8 Å². The number of hydrogen-bond donors (Lipinski definition) is 4. The molecule has 0 aliphatic heterocycles. The molecule has 0 amide bonds. The van der Waals surface area contributed by atoms with Crippen molar-refractivity contribution in [1.29, 1.82) is 0 Å². The molecule has 0 unspecified atom stereocenters. The number of fused-ring (bicyclic) bond motifs is 2. The van der Waals surface area contributed by atoms with Crippen LogP contribution in [0.15, 0.2) is 54.0 Å². The number of nitrogens with two attached hydrogens (primary N) is 4. The summed E-state index contributed by atoms with van der Waals surface area (Å²) in [6.07, 6.45) is 4.74. The number of halogens is 1. The van der Waals surface area contributed by atoms with Gasteiger partial charge in [-0.2, -0.15) is 0 Å². The topological polar surface area (TPSA) is 158 Å². The normalized spacial score (nSPS) is 11.6. The van der Waals surface area contributed by atoms with Crippen molar-refractivity contribution >= 4 is 61.3 Å². The summed E-state index contributed by atoms with van der Waals surface area (Å²) >= 11 is 3.61. The highest BCUT2D eigenvalue weighted by atomic mass is 79.9. The average Bonchev–Trinajstić information content (AvgIpc) is 3.34. The van der Waals surface area contributed by atoms with Gasteiger partial charge in [-0.25, -0.2) is 9.97 Å². The van der Waals surface area contributed by atoms with E-state index in [9.17, 15) is 0 Å². The lowest BCUT2D eigenvalue weighted by Crippen LogP contribution is -2.06. The Balaban J connectivity index is 1.61. The highest BCUT2D eigenvalue weighted by Crippen LogP contribution is 2.32. The number of rotatable bonds is 11. The molecule has 4 rings (SSSR count). The first-order valence-corrected chi connectivity index (χ1v) is 12.4. The molecular formula is C26H31BrN8O2. The summed E-state index contributed by atoms with van der Waals surface area (Å²) in [7, 11) is 1.66. The number of methoxy groups -OCH3 is 1. The van der Waals surface area contributed by atoms with Crippen LogP contribution in [0.25, 0.3) is 33.5 Å². The van der Waals surface area contributed by atoms with Gasteiger partial charge in [0, 0.05) is 60.2 Å². The van der Waals surface area contributed by atoms with Crippen LogP contribution in [0.3, 0.4) is 0 Å². The van der Waals surface area contributed by atoms with E-state index in [1.165, 1.54) is 0 Å². The maximum atomic E-state index is 6.29. The molecule has 0 aliphatic carbocycles. The van der Waals surface area contributed by atoms with Crippen LogP contribution >= 0.6 is 15.9 Å². The predicted octanol–water partition coefficient (Wildman–Crippen LogP) is 3.84. The van der Waals surface area contributed by atoms with Crippen LogP contribution in [0.5, 0.6) is 5.75 Å². The molecule has 11 heteroatoms. The zero-order chi connectivity index (χ0) is 26.7. The lowest BCUT2D eigenvalue weighted by molar-refractivity contribution is 0.172. The highest BCUT2D eigenvalue weighted by molar-refractivity contribution is 9.10. The molecule has 0 aliphatic rings. The maximum Gasteiger partial charge on any atom is 0.201 e. The standard InChI is InChI=1S/C26H31BrN8O2/c1-15(28)17-11-19(27)23-20(12-17)32-25(30)34(23)7-4-5-8-35-24-21(33-26(35)31)13-18(16(2)29)14-22(24)37-10-6-9-36-3/h4-5,11-14H,1-2,6-10,28-29H2,3H3,(H2,30,32)(H2,31,33)/b5-4+. The lowest BCUT2D eigenvalue weighted by Gasteiger charge is -2.12. The van der Waals surface area contributed by atoms with Gasteiger partial charge >= 0.3 is 0 Å². The van der Waals surface area contributed by atoms with E-state index in [4.69, 9.17) is 32.4 Å². The van der Waals surface area contributed by atoms with Crippen LogP contribution in [0.4, 0.5) is 11.9 Å². The molecule has 0 saturated carbocycles. The van der Waals surface area contributed by atoms with Crippen molar-refractivity contribution in [2.24, 2.45) is 11.5 Å². The van der Waals surface area contributed by atoms with Crippen molar-refractivity contribution in [2.45, 2.75) is 19.5 Å². The van der Waals surface area contributed by atoms with Gasteiger partial charge in [0.25, 0.3) is 0 Å². The smallest absolute Gasteiger partial charge is 0.201 e. The third-order valence-electron chi connectivity index (χ3n) is 5.90. The van der Waals surface area contributed by atoms with E-state index in [-0.39, 0.29) is 0 Å². The zero-order valence-corrected chi connectivity index (χ0v) is 22.3. The molecule has 0 saturated heterocycles. The Bertz CT molecular complexity index is 1520. The van der Waals surface area contributed by atoms with Gasteiger partial charge in [0.15, 0.2) is 0 Å². The first-order chi connectivity index (χ1) is 17.7. The van der Waals surface area contributed by atoms with E-state index in [0.29, 0.717) is 60.9 Å². The molecule has 0 atom stereocenters. The highest BCUT2D eigenvalue weighted by Gasteiger charge is 2.16. The van der Waals surface area contributed by atoms with E-state index >= 15 is 0 Å². The third-order valence-corrected chi connectivity index (χ3v) is 6.50. The molecule has 0 radical (unpaired) electrons. The van der Waals surface area contributed by atoms with E-state index in [1.54, 1.807) is 7.11 Å². The molecule has 37 heavy (non-hydrogen) atoms. The summed E-state index contributed by atoms with van der Waals surface area (Å²) in [4.78, 5) is 9.00. The van der Waals surface area contributed by atoms with Crippen LogP contribution < -0.4 is 27.7 Å². The number of nitrogens with zero attached hydrogens (tertiary/aromatic N) is 4. The van der Waals surface area contributed by atoms with Crippen LogP contribution in [-0.2, 0) is 17.8 Å². The van der Waals surface area contributed by atoms with Crippen LogP contribution in [0, 0.1) is 0 Å². The second-order valence-corrected chi connectivity index (χ2v) is 9.40. The minimum Gasteiger partial charge on any atom is -0.491 e. The molecule has 0 fully saturated rings. The SMILES string of the molecule is C=C(N)c1cc(Br)c2c(c1)nc(N)n2C/C=C/Cn1c(N)nc2cc(C(=C)N)cc(OCCCOC)c21. The summed E-state index contributed by atoms with van der Waals surface area (Å²) in [5.41, 5.74) is 29.8. The number of ether oxygens (including phenoxy) is 2. The van der Waals surface area contributed by atoms with Gasteiger partial charge in [-0.05, 0) is 40.2 Å². The largest absolute Gasteiger partial charge is 0.491 e. The van der Waals surface area contributed by atoms with Gasteiger partial charge in [-0.15, -0.1) is 0 Å². The number of anilines is 2. The zero-order valence-electron chi connectivity index (χ0n) is 20.7. The number of nitrogen functional groups attached to an aromatic ring is 2. The van der Waals surface area contributed by atoms with Gasteiger partial charge in [0.2, 0.25) is 11.9 Å². The summed E-state index contributed by atoms with van der Waals surface area (Å²) < 4.78 is 15.8. The lowest BCUT2D eigenvalue weighted by atomic mass is 10.1. The molecule has 2 aromatic carbocycles. The Morgan fingerprint density at radius 2 is 1.43 bits per heavy atom. The molecule has 8 N–H and O–H groups in total. The van der Waals surface area contributed by atoms with E-state index in [0.717, 1.165) is 38.6 Å². The summed E-state index contributed by atoms with van der Waals surface area (Å²) in [5.74, 6) is 1.40. The van der Waals surface area contributed by atoms with E-state index in [1.807, 2.05) is 45.6 Å². The monoisotopic (exact) mass is 566 g/mol. The molecule has 194 valence electrons. The first kappa shape index (κ1) is 26.1. The van der Waals surface area contributed by atoms with Gasteiger partial charge in [0.1, 0.15) is 11.3 Å². The Labute approximate surface area is 223 Å². The minimum absolute atomic E-state index is 0.367. The number of benzene rings is 2. The number of aromatic nitrogens is 4. The van der Waals surface area contributed by atoms with Gasteiger partial charge in [-0.3, -0.25) is 0 Å². The third kappa shape index (κ3) is 5.42. The average molecular weight is 567 g/mol. The number of allylic oxidation sites excluding steroid dienone is 2. The summed E-state index contributed by atoms with van der Waals surface area (Å²) in [6.45, 7) is 9.70. The summed E-state index contributed by atoms with van der Waals surface area (Å²) in [6, 6.07) is 7.49. The van der Waals surface area contributed by atoms with Crippen molar-refractivity contribution in [1.82, 2.24) is 19.1 Å². The predicted molar refractivity (Wildman–Crippen MR) is 154 cm³/mol. The van der Waals surface area contributed by atoms with Gasteiger partial charge < -0.3 is 41.5 Å². The van der Waals surface area contributed by atoms with Crippen molar-refractivity contribution in [3.8, 4) is 5.75 Å². The Morgan fingerprint density at radius 3 is 2.00 bits per heavy atom. The minimum atomic E-state index is 0.367. The molecular weight excluding hydrogens is 536 g/mol. The molecule has 10 nitrogen and oxygen atoms in total. The fourth-order valence-electron chi connectivity index (χ4n) is 4.08. The molecule has 2 heterocycles. The quantitative estimate of drug-likeness (QED) is 0.157. The Kier molecular flexibility index (Phi) is 7.74. The van der Waals surface area contributed by atoms with Crippen molar-refractivity contribution in [3.63, 3.8) is 0 Å². The maximum absolute atomic E-state index is 6.29. The summed E-state index contributed by atoms with van der Waals surface area (Å²) in [5, 5.41) is 0. The number of hydrogen-bond acceptors (Lipinski definition) is 8. The van der Waals surface area contributed by atoms with Crippen LogP contribution in [-0.4, -0.2) is 39.4 Å².